The van der Waals surface area contributed by atoms with E-state index >= 15 is 0 Å². The highest BCUT2D eigenvalue weighted by Crippen LogP contribution is 2.04. The average Bonchev–Trinajstić information content (AvgIpc) is 2.29. The van der Waals surface area contributed by atoms with Gasteiger partial charge in [0, 0.05) is 5.56 Å². The van der Waals surface area contributed by atoms with Crippen LogP contribution in [0.25, 0.3) is 0 Å². The molecule has 1 unspecified atom stereocenters. The standard InChI is InChI=1S/C12H14O3/c1-2-10-3-5-11(6-4-10)8-15-9-12(14)7-13/h1,3-6,12-14H,7-9H2. The largest absolute Gasteiger partial charge is 0.394 e. The fourth-order valence-corrected chi connectivity index (χ4v) is 1.06. The molecule has 0 radical (unpaired) electrons. The molecule has 0 saturated carbocycles. The normalized spacial score (nSPS) is 12.1. The number of ether oxygens (including phenoxy) is 1. The lowest BCUT2D eigenvalue weighted by molar-refractivity contribution is 0.0000244. The highest BCUT2D eigenvalue weighted by molar-refractivity contribution is 5.33. The van der Waals surface area contributed by atoms with E-state index in [1.54, 1.807) is 0 Å². The maximum atomic E-state index is 9.02. The summed E-state index contributed by atoms with van der Waals surface area (Å²) in [6.45, 7) is 0.255. The second-order valence-corrected chi connectivity index (χ2v) is 3.19. The summed E-state index contributed by atoms with van der Waals surface area (Å²) in [6.07, 6.45) is 4.41. The van der Waals surface area contributed by atoms with Crippen LogP contribution < -0.4 is 0 Å². The molecule has 0 fully saturated rings. The number of hydrogen-bond donors (Lipinski definition) is 2. The molecule has 80 valence electrons. The van der Waals surface area contributed by atoms with Crippen molar-refractivity contribution < 1.29 is 14.9 Å². The Morgan fingerprint density at radius 2 is 2.00 bits per heavy atom. The Labute approximate surface area is 89.3 Å². The number of hydrogen-bond acceptors (Lipinski definition) is 3. The van der Waals surface area contributed by atoms with E-state index in [9.17, 15) is 0 Å². The SMILES string of the molecule is C#Cc1ccc(COCC(O)CO)cc1. The van der Waals surface area contributed by atoms with Crippen molar-refractivity contribution in [3.05, 3.63) is 35.4 Å². The fraction of sp³-hybridized carbons (Fsp3) is 0.333. The number of terminal acetylenes is 1. The summed E-state index contributed by atoms with van der Waals surface area (Å²) in [7, 11) is 0. The van der Waals surface area contributed by atoms with Crippen molar-refractivity contribution in [3.8, 4) is 12.3 Å². The van der Waals surface area contributed by atoms with Gasteiger partial charge in [-0.15, -0.1) is 6.42 Å². The van der Waals surface area contributed by atoms with Gasteiger partial charge in [-0.25, -0.2) is 0 Å². The Bertz CT molecular complexity index is 324. The van der Waals surface area contributed by atoms with Gasteiger partial charge < -0.3 is 14.9 Å². The van der Waals surface area contributed by atoms with Crippen molar-refractivity contribution in [2.24, 2.45) is 0 Å². The maximum Gasteiger partial charge on any atom is 0.100 e. The van der Waals surface area contributed by atoms with E-state index in [1.165, 1.54) is 0 Å². The summed E-state index contributed by atoms with van der Waals surface area (Å²) >= 11 is 0. The molecule has 0 saturated heterocycles. The van der Waals surface area contributed by atoms with Crippen LogP contribution in [-0.4, -0.2) is 29.5 Å². The van der Waals surface area contributed by atoms with Crippen LogP contribution in [0.1, 0.15) is 11.1 Å². The molecule has 0 aliphatic carbocycles. The first-order chi connectivity index (χ1) is 7.26. The van der Waals surface area contributed by atoms with Gasteiger partial charge in [0.25, 0.3) is 0 Å². The molecule has 2 N–H and O–H groups in total. The molecule has 0 bridgehead atoms. The van der Waals surface area contributed by atoms with Crippen LogP contribution in [0.2, 0.25) is 0 Å². The van der Waals surface area contributed by atoms with E-state index in [1.807, 2.05) is 24.3 Å². The lowest BCUT2D eigenvalue weighted by Gasteiger charge is -2.08. The third-order valence-electron chi connectivity index (χ3n) is 1.91. The van der Waals surface area contributed by atoms with Crippen LogP contribution in [0.4, 0.5) is 0 Å². The van der Waals surface area contributed by atoms with Gasteiger partial charge in [-0.2, -0.15) is 0 Å². The molecule has 0 spiro atoms. The zero-order valence-corrected chi connectivity index (χ0v) is 8.39. The van der Waals surface area contributed by atoms with Crippen molar-refractivity contribution >= 4 is 0 Å². The van der Waals surface area contributed by atoms with E-state index in [0.29, 0.717) is 6.61 Å². The zero-order chi connectivity index (χ0) is 11.1. The minimum atomic E-state index is -0.810. The van der Waals surface area contributed by atoms with Gasteiger partial charge in [-0.05, 0) is 17.7 Å². The first-order valence-corrected chi connectivity index (χ1v) is 4.68. The minimum absolute atomic E-state index is 0.132. The summed E-state index contributed by atoms with van der Waals surface area (Å²) < 4.78 is 5.18. The summed E-state index contributed by atoms with van der Waals surface area (Å²) in [6, 6.07) is 7.42. The van der Waals surface area contributed by atoms with Gasteiger partial charge in [0.1, 0.15) is 6.10 Å². The smallest absolute Gasteiger partial charge is 0.100 e. The van der Waals surface area contributed by atoms with Gasteiger partial charge in [-0.1, -0.05) is 18.1 Å². The Morgan fingerprint density at radius 3 is 2.53 bits per heavy atom. The maximum absolute atomic E-state index is 9.02. The molecule has 0 heterocycles. The molecule has 0 aliphatic rings. The highest BCUT2D eigenvalue weighted by Gasteiger charge is 2.01. The van der Waals surface area contributed by atoms with Crippen molar-refractivity contribution in [2.45, 2.75) is 12.7 Å². The second kappa shape index (κ2) is 6.20. The van der Waals surface area contributed by atoms with Gasteiger partial charge in [0.05, 0.1) is 19.8 Å². The third-order valence-corrected chi connectivity index (χ3v) is 1.91. The molecule has 3 nitrogen and oxygen atoms in total. The molecule has 15 heavy (non-hydrogen) atoms. The lowest BCUT2D eigenvalue weighted by Crippen LogP contribution is -2.19. The van der Waals surface area contributed by atoms with E-state index in [-0.39, 0.29) is 13.2 Å². The van der Waals surface area contributed by atoms with Crippen LogP contribution in [0.5, 0.6) is 0 Å². The molecule has 0 aliphatic heterocycles. The predicted octanol–water partition coefficient (Wildman–Crippen LogP) is 0.538. The van der Waals surface area contributed by atoms with Crippen LogP contribution in [0.3, 0.4) is 0 Å². The molecular weight excluding hydrogens is 192 g/mol. The summed E-state index contributed by atoms with van der Waals surface area (Å²) in [5.74, 6) is 2.52. The molecule has 1 rings (SSSR count). The molecule has 1 atom stereocenters. The second-order valence-electron chi connectivity index (χ2n) is 3.19. The fourth-order valence-electron chi connectivity index (χ4n) is 1.06. The van der Waals surface area contributed by atoms with Crippen molar-refractivity contribution in [1.29, 1.82) is 0 Å². The first kappa shape index (κ1) is 11.7. The first-order valence-electron chi connectivity index (χ1n) is 4.68. The van der Waals surface area contributed by atoms with Gasteiger partial charge in [0.15, 0.2) is 0 Å². The summed E-state index contributed by atoms with van der Waals surface area (Å²) in [4.78, 5) is 0. The molecule has 0 amide bonds. The van der Waals surface area contributed by atoms with E-state index in [4.69, 9.17) is 21.4 Å². The highest BCUT2D eigenvalue weighted by atomic mass is 16.5. The third kappa shape index (κ3) is 4.13. The van der Waals surface area contributed by atoms with Crippen LogP contribution in [0.15, 0.2) is 24.3 Å². The summed E-state index contributed by atoms with van der Waals surface area (Å²) in [5, 5.41) is 17.6. The number of benzene rings is 1. The minimum Gasteiger partial charge on any atom is -0.394 e. The average molecular weight is 206 g/mol. The van der Waals surface area contributed by atoms with Crippen molar-refractivity contribution in [2.75, 3.05) is 13.2 Å². The van der Waals surface area contributed by atoms with E-state index < -0.39 is 6.10 Å². The van der Waals surface area contributed by atoms with Crippen LogP contribution in [0, 0.1) is 12.3 Å². The van der Waals surface area contributed by atoms with Crippen LogP contribution >= 0.6 is 0 Å². The predicted molar refractivity (Wildman–Crippen MR) is 57.1 cm³/mol. The molecule has 0 aromatic heterocycles. The number of aliphatic hydroxyl groups excluding tert-OH is 2. The van der Waals surface area contributed by atoms with Crippen molar-refractivity contribution in [3.63, 3.8) is 0 Å². The summed E-state index contributed by atoms with van der Waals surface area (Å²) in [5.41, 5.74) is 1.81. The quantitative estimate of drug-likeness (QED) is 0.691. The molecule has 1 aromatic carbocycles. The number of aliphatic hydroxyl groups is 2. The molecule has 1 aromatic rings. The Kier molecular flexibility index (Phi) is 4.85. The monoisotopic (exact) mass is 206 g/mol. The molecule has 3 heteroatoms. The Hall–Kier alpha value is -1.34. The van der Waals surface area contributed by atoms with Crippen LogP contribution in [-0.2, 0) is 11.3 Å². The van der Waals surface area contributed by atoms with Gasteiger partial charge in [-0.3, -0.25) is 0 Å². The topological polar surface area (TPSA) is 49.7 Å². The van der Waals surface area contributed by atoms with Crippen molar-refractivity contribution in [1.82, 2.24) is 0 Å². The zero-order valence-electron chi connectivity index (χ0n) is 8.39. The number of rotatable bonds is 5. The van der Waals surface area contributed by atoms with E-state index in [0.717, 1.165) is 11.1 Å². The van der Waals surface area contributed by atoms with Gasteiger partial charge in [0.2, 0.25) is 0 Å². The van der Waals surface area contributed by atoms with Gasteiger partial charge >= 0.3 is 0 Å². The van der Waals surface area contributed by atoms with E-state index in [2.05, 4.69) is 5.92 Å². The lowest BCUT2D eigenvalue weighted by atomic mass is 10.1. The molecular formula is C12H14O3. The Balaban J connectivity index is 2.35. The Morgan fingerprint density at radius 1 is 1.33 bits per heavy atom.